The van der Waals surface area contributed by atoms with Gasteiger partial charge < -0.3 is 13.7 Å². The number of fused-ring (bicyclic) bond motifs is 31. The van der Waals surface area contributed by atoms with E-state index in [1.54, 1.807) is 0 Å². The normalized spacial score (nSPS) is 14.9. The summed E-state index contributed by atoms with van der Waals surface area (Å²) in [6.07, 6.45) is 1.88. The van der Waals surface area contributed by atoms with Crippen molar-refractivity contribution in [2.75, 3.05) is 4.90 Å². The van der Waals surface area contributed by atoms with E-state index in [4.69, 9.17) is 13.8 Å². The fraction of sp³-hybridized carbons (Fsp3) is 0.0723. The number of aryl methyl sites for hydroxylation is 1. The van der Waals surface area contributed by atoms with Crippen molar-refractivity contribution in [3.63, 3.8) is 0 Å². The Hall–Kier alpha value is -10.8. The number of hydrogen-bond donors (Lipinski definition) is 0. The average Bonchev–Trinajstić information content (AvgIpc) is 1.50. The van der Waals surface area contributed by atoms with Gasteiger partial charge in [-0.3, -0.25) is 4.98 Å². The van der Waals surface area contributed by atoms with E-state index in [2.05, 4.69) is 274 Å². The fourth-order valence-electron chi connectivity index (χ4n) is 17.4. The van der Waals surface area contributed by atoms with Gasteiger partial charge in [-0.25, -0.2) is 0 Å². The van der Waals surface area contributed by atoms with E-state index >= 15 is 0 Å². The number of benzene rings is 12. The summed E-state index contributed by atoms with van der Waals surface area (Å²) in [5, 5.41) is 4.57. The van der Waals surface area contributed by atoms with Crippen LogP contribution in [0.3, 0.4) is 0 Å². The predicted molar refractivity (Wildman–Crippen MR) is 354 cm³/mol. The molecule has 0 amide bonds. The molecule has 15 aromatic rings. The molecule has 0 unspecified atom stereocenters. The van der Waals surface area contributed by atoms with Gasteiger partial charge in [-0.15, -0.1) is 0 Å². The maximum atomic E-state index is 6.85. The van der Waals surface area contributed by atoms with Gasteiger partial charge in [0.25, 0.3) is 0 Å². The van der Waals surface area contributed by atoms with E-state index < -0.39 is 10.8 Å². The van der Waals surface area contributed by atoms with Crippen molar-refractivity contribution < 1.29 is 8.83 Å². The Bertz CT molecular complexity index is 5510. The van der Waals surface area contributed by atoms with Crippen molar-refractivity contribution in [3.8, 4) is 66.9 Å². The first-order valence-corrected chi connectivity index (χ1v) is 30.4. The number of para-hydroxylation sites is 3. The molecule has 406 valence electrons. The lowest BCUT2D eigenvalue weighted by Crippen LogP contribution is -2.27. The molecule has 0 fully saturated rings. The highest BCUT2D eigenvalue weighted by Gasteiger charge is 2.57. The summed E-state index contributed by atoms with van der Waals surface area (Å²) >= 11 is 0. The molecule has 0 atom stereocenters. The molecule has 3 aromatic heterocycles. The third kappa shape index (κ3) is 5.73. The summed E-state index contributed by atoms with van der Waals surface area (Å²) in [5.41, 5.74) is 34.0. The van der Waals surface area contributed by atoms with E-state index in [9.17, 15) is 0 Å². The molecule has 0 saturated carbocycles. The number of nitrogens with zero attached hydrogens (tertiary/aromatic N) is 2. The molecule has 0 bridgehead atoms. The number of hydrogen-bond acceptors (Lipinski definition) is 4. The lowest BCUT2D eigenvalue weighted by atomic mass is 9.68. The third-order valence-electron chi connectivity index (χ3n) is 20.9. The Kier molecular flexibility index (Phi) is 9.04. The van der Waals surface area contributed by atoms with Gasteiger partial charge in [0.2, 0.25) is 0 Å². The van der Waals surface area contributed by atoms with Gasteiger partial charge in [0.05, 0.1) is 16.5 Å². The SMILES string of the molecule is Cc1ccccc1N(c1ccc2c(c1)C(C)(C)c1cc(-c3ccccn3)c3oc4ccccc4c3c1-2)c1ccc2c(c1)C1(c3ccccc3-c3ccccc31)c1cc3c(cc1-2)C1(c2ccccc2-c2ccccc21)c1ccc2oc4ccccc4c2c1-3. The van der Waals surface area contributed by atoms with Crippen molar-refractivity contribution in [2.24, 2.45) is 0 Å². The Morgan fingerprint density at radius 2 is 0.828 bits per heavy atom. The molecule has 87 heavy (non-hydrogen) atoms. The molecular weight excluding hydrogens is 1060 g/mol. The predicted octanol–water partition coefficient (Wildman–Crippen LogP) is 21.3. The second-order valence-corrected chi connectivity index (χ2v) is 25.2. The minimum Gasteiger partial charge on any atom is -0.456 e. The summed E-state index contributed by atoms with van der Waals surface area (Å²) < 4.78 is 13.7. The van der Waals surface area contributed by atoms with Crippen LogP contribution >= 0.6 is 0 Å². The Morgan fingerprint density at radius 1 is 0.333 bits per heavy atom. The monoisotopic (exact) mass is 1110 g/mol. The van der Waals surface area contributed by atoms with E-state index in [1.807, 2.05) is 12.3 Å². The van der Waals surface area contributed by atoms with Crippen LogP contribution in [0.1, 0.15) is 75.0 Å². The molecule has 2 spiro atoms. The van der Waals surface area contributed by atoms with Crippen LogP contribution in [-0.2, 0) is 16.2 Å². The van der Waals surface area contributed by atoms with Crippen LogP contribution in [0.5, 0.6) is 0 Å². The van der Waals surface area contributed by atoms with Crippen LogP contribution in [0, 0.1) is 6.92 Å². The average molecular weight is 1110 g/mol. The van der Waals surface area contributed by atoms with Crippen LogP contribution in [0.25, 0.3) is 111 Å². The minimum absolute atomic E-state index is 0.375. The number of pyridine rings is 1. The van der Waals surface area contributed by atoms with Crippen molar-refractivity contribution in [3.05, 3.63) is 322 Å². The molecule has 5 aliphatic carbocycles. The Labute approximate surface area is 502 Å². The molecule has 5 aliphatic rings. The molecular formula is C83H52N2O2. The quantitative estimate of drug-likeness (QED) is 0.176. The van der Waals surface area contributed by atoms with Crippen LogP contribution in [0.15, 0.2) is 270 Å². The summed E-state index contributed by atoms with van der Waals surface area (Å²) in [4.78, 5) is 7.43. The lowest BCUT2D eigenvalue weighted by molar-refractivity contribution is 0.657. The highest BCUT2D eigenvalue weighted by atomic mass is 16.3. The van der Waals surface area contributed by atoms with Gasteiger partial charge >= 0.3 is 0 Å². The molecule has 0 N–H and O–H groups in total. The zero-order chi connectivity index (χ0) is 57.2. The van der Waals surface area contributed by atoms with Gasteiger partial charge in [-0.2, -0.15) is 0 Å². The first-order chi connectivity index (χ1) is 42.8. The molecule has 0 aliphatic heterocycles. The molecule has 4 nitrogen and oxygen atoms in total. The topological polar surface area (TPSA) is 42.4 Å². The minimum atomic E-state index is -0.667. The fourth-order valence-corrected chi connectivity index (χ4v) is 17.4. The summed E-state index contributed by atoms with van der Waals surface area (Å²) in [6.45, 7) is 7.03. The maximum absolute atomic E-state index is 6.85. The highest BCUT2D eigenvalue weighted by Crippen LogP contribution is 2.69. The molecule has 12 aromatic carbocycles. The number of anilines is 3. The number of furan rings is 2. The van der Waals surface area contributed by atoms with Crippen molar-refractivity contribution in [1.82, 2.24) is 4.98 Å². The Morgan fingerprint density at radius 3 is 1.48 bits per heavy atom. The van der Waals surface area contributed by atoms with Crippen LogP contribution in [0.4, 0.5) is 17.1 Å². The highest BCUT2D eigenvalue weighted by molar-refractivity contribution is 6.20. The summed E-state index contributed by atoms with van der Waals surface area (Å²) in [6, 6.07) is 95.8. The van der Waals surface area contributed by atoms with E-state index in [1.165, 1.54) is 122 Å². The Balaban J connectivity index is 0.856. The first-order valence-electron chi connectivity index (χ1n) is 30.4. The molecule has 3 heterocycles. The van der Waals surface area contributed by atoms with Crippen molar-refractivity contribution >= 4 is 60.9 Å². The first kappa shape index (κ1) is 47.5. The van der Waals surface area contributed by atoms with E-state index in [0.29, 0.717) is 0 Å². The molecule has 4 heteroatoms. The third-order valence-corrected chi connectivity index (χ3v) is 20.9. The van der Waals surface area contributed by atoms with Crippen LogP contribution in [-0.4, -0.2) is 4.98 Å². The van der Waals surface area contributed by atoms with Gasteiger partial charge in [0.15, 0.2) is 0 Å². The summed E-state index contributed by atoms with van der Waals surface area (Å²) in [5.74, 6) is 0. The van der Waals surface area contributed by atoms with Gasteiger partial charge in [-0.05, 0) is 203 Å². The number of aromatic nitrogens is 1. The van der Waals surface area contributed by atoms with Crippen molar-refractivity contribution in [1.29, 1.82) is 0 Å². The van der Waals surface area contributed by atoms with Crippen molar-refractivity contribution in [2.45, 2.75) is 37.0 Å². The van der Waals surface area contributed by atoms with E-state index in [-0.39, 0.29) is 5.41 Å². The second kappa shape index (κ2) is 16.5. The lowest BCUT2D eigenvalue weighted by Gasteiger charge is -2.33. The molecule has 0 radical (unpaired) electrons. The summed E-state index contributed by atoms with van der Waals surface area (Å²) in [7, 11) is 0. The standard InChI is InChI=1S/C83H52N2O2/c1-47-20-4-15-32-72(47)85(48-36-38-55-66(42-48)81(2,3)70-46-60(71-31-18-19-41-84-71)80-79(76(55)70)57-26-10-17-34-74(57)87-80)49-35-37-54-58-44-69-59(45-68(58)83(67(54)43-49)63-29-13-7-23-52(63)53-24-8-14-30-64(53)83)77-65(39-40-75-78(77)56-25-9-16-33-73(56)86-75)82(69)61-27-11-5-21-50(61)51-22-6-12-28-62(51)82/h4-46H,1-3H3. The zero-order valence-corrected chi connectivity index (χ0v) is 48.0. The maximum Gasteiger partial charge on any atom is 0.145 e. The smallest absolute Gasteiger partial charge is 0.145 e. The molecule has 20 rings (SSSR count). The van der Waals surface area contributed by atoms with Crippen LogP contribution in [0.2, 0.25) is 0 Å². The zero-order valence-electron chi connectivity index (χ0n) is 48.0. The molecule has 0 saturated heterocycles. The van der Waals surface area contributed by atoms with Crippen LogP contribution < -0.4 is 4.90 Å². The van der Waals surface area contributed by atoms with E-state index in [0.717, 1.165) is 66.8 Å². The van der Waals surface area contributed by atoms with Gasteiger partial charge in [0.1, 0.15) is 22.3 Å². The largest absolute Gasteiger partial charge is 0.456 e. The van der Waals surface area contributed by atoms with Gasteiger partial charge in [0, 0.05) is 55.8 Å². The number of rotatable bonds is 4. The van der Waals surface area contributed by atoms with Gasteiger partial charge in [-0.1, -0.05) is 190 Å². The second-order valence-electron chi connectivity index (χ2n) is 25.2.